The smallest absolute Gasteiger partial charge is 0.292 e. The number of nitrogens with one attached hydrogen (secondary N) is 1. The molecule has 1 aromatic rings. The summed E-state index contributed by atoms with van der Waals surface area (Å²) >= 11 is 0. The summed E-state index contributed by atoms with van der Waals surface area (Å²) in [5.74, 6) is -0.390. The number of hydrogen-bond donors (Lipinski definition) is 2. The first-order valence-electron chi connectivity index (χ1n) is 6.54. The second-order valence-electron chi connectivity index (χ2n) is 4.28. The van der Waals surface area contributed by atoms with Crippen LogP contribution in [0.4, 0.5) is 11.4 Å². The molecule has 3 N–H and O–H groups in total. The number of carbonyl (C=O) groups excluding carboxylic acids is 1. The Morgan fingerprint density at radius 2 is 2.05 bits per heavy atom. The molecule has 0 radical (unpaired) electrons. The predicted molar refractivity (Wildman–Crippen MR) is 77.6 cm³/mol. The van der Waals surface area contributed by atoms with Crippen molar-refractivity contribution in [1.29, 1.82) is 0 Å². The summed E-state index contributed by atoms with van der Waals surface area (Å²) < 4.78 is 0. The van der Waals surface area contributed by atoms with Gasteiger partial charge in [-0.05, 0) is 19.2 Å². The van der Waals surface area contributed by atoms with Crippen LogP contribution in [0.15, 0.2) is 18.2 Å². The van der Waals surface area contributed by atoms with Crippen molar-refractivity contribution in [1.82, 2.24) is 10.2 Å². The molecule has 0 fully saturated rings. The molecule has 0 saturated heterocycles. The zero-order valence-corrected chi connectivity index (χ0v) is 11.8. The molecule has 0 aliphatic carbocycles. The summed E-state index contributed by atoms with van der Waals surface area (Å²) in [6.45, 7) is 7.11. The Hall–Kier alpha value is -2.15. The highest BCUT2D eigenvalue weighted by Gasteiger charge is 2.18. The zero-order chi connectivity index (χ0) is 15.1. The lowest BCUT2D eigenvalue weighted by Crippen LogP contribution is -2.35. The molecule has 7 nitrogen and oxygen atoms in total. The number of carbonyl (C=O) groups is 1. The first-order valence-corrected chi connectivity index (χ1v) is 6.54. The SMILES string of the molecule is CCN(CC)CCNC(=O)c1cccc([N+](=O)[O-])c1N. The summed E-state index contributed by atoms with van der Waals surface area (Å²) in [4.78, 5) is 24.3. The van der Waals surface area contributed by atoms with Crippen molar-refractivity contribution in [2.24, 2.45) is 0 Å². The summed E-state index contributed by atoms with van der Waals surface area (Å²) in [6, 6.07) is 4.21. The maximum absolute atomic E-state index is 12.0. The Morgan fingerprint density at radius 3 is 2.60 bits per heavy atom. The molecule has 0 saturated carbocycles. The van der Waals surface area contributed by atoms with Gasteiger partial charge in [0.05, 0.1) is 10.5 Å². The molecule has 0 heterocycles. The van der Waals surface area contributed by atoms with Gasteiger partial charge in [-0.2, -0.15) is 0 Å². The largest absolute Gasteiger partial charge is 0.393 e. The molecule has 0 aliphatic rings. The molecule has 0 bridgehead atoms. The Bertz CT molecular complexity index is 487. The molecule has 110 valence electrons. The number of benzene rings is 1. The van der Waals surface area contributed by atoms with Crippen LogP contribution >= 0.6 is 0 Å². The molecule has 0 spiro atoms. The van der Waals surface area contributed by atoms with Crippen molar-refractivity contribution in [2.45, 2.75) is 13.8 Å². The Morgan fingerprint density at radius 1 is 1.40 bits per heavy atom. The van der Waals surface area contributed by atoms with E-state index < -0.39 is 10.8 Å². The van der Waals surface area contributed by atoms with Gasteiger partial charge < -0.3 is 16.0 Å². The number of nitrogens with two attached hydrogens (primary N) is 1. The topological polar surface area (TPSA) is 102 Å². The van der Waals surface area contributed by atoms with Crippen LogP contribution in [0, 0.1) is 10.1 Å². The van der Waals surface area contributed by atoms with Crippen molar-refractivity contribution >= 4 is 17.3 Å². The van der Waals surface area contributed by atoms with E-state index in [1.54, 1.807) is 0 Å². The van der Waals surface area contributed by atoms with Gasteiger partial charge in [-0.3, -0.25) is 14.9 Å². The van der Waals surface area contributed by atoms with Crippen molar-refractivity contribution < 1.29 is 9.72 Å². The van der Waals surface area contributed by atoms with E-state index in [-0.39, 0.29) is 16.9 Å². The van der Waals surface area contributed by atoms with E-state index in [0.29, 0.717) is 6.54 Å². The van der Waals surface area contributed by atoms with E-state index in [1.165, 1.54) is 18.2 Å². The monoisotopic (exact) mass is 280 g/mol. The van der Waals surface area contributed by atoms with Crippen molar-refractivity contribution in [2.75, 3.05) is 31.9 Å². The van der Waals surface area contributed by atoms with Gasteiger partial charge in [0, 0.05) is 19.2 Å². The van der Waals surface area contributed by atoms with Crippen molar-refractivity contribution in [3.8, 4) is 0 Å². The summed E-state index contributed by atoms with van der Waals surface area (Å²) in [5.41, 5.74) is 5.45. The summed E-state index contributed by atoms with van der Waals surface area (Å²) in [6.07, 6.45) is 0. The second-order valence-corrected chi connectivity index (χ2v) is 4.28. The van der Waals surface area contributed by atoms with Crippen molar-refractivity contribution in [3.05, 3.63) is 33.9 Å². The van der Waals surface area contributed by atoms with Gasteiger partial charge in [0.15, 0.2) is 0 Å². The normalized spacial score (nSPS) is 10.6. The van der Waals surface area contributed by atoms with E-state index in [1.807, 2.05) is 13.8 Å². The number of hydrogen-bond acceptors (Lipinski definition) is 5. The van der Waals surface area contributed by atoms with E-state index >= 15 is 0 Å². The first kappa shape index (κ1) is 15.9. The predicted octanol–water partition coefficient (Wildman–Crippen LogP) is 1.25. The Kier molecular flexibility index (Phi) is 5.92. The van der Waals surface area contributed by atoms with Crippen LogP contribution in [0.2, 0.25) is 0 Å². The highest BCUT2D eigenvalue weighted by Crippen LogP contribution is 2.24. The molecule has 20 heavy (non-hydrogen) atoms. The third kappa shape index (κ3) is 3.92. The van der Waals surface area contributed by atoms with Crippen LogP contribution < -0.4 is 11.1 Å². The number of nitro benzene ring substituents is 1. The number of nitro groups is 1. The first-order chi connectivity index (χ1) is 9.51. The maximum atomic E-state index is 12.0. The lowest BCUT2D eigenvalue weighted by atomic mass is 10.1. The quantitative estimate of drug-likeness (QED) is 0.444. The average molecular weight is 280 g/mol. The van der Waals surface area contributed by atoms with Gasteiger partial charge >= 0.3 is 0 Å². The van der Waals surface area contributed by atoms with Crippen molar-refractivity contribution in [3.63, 3.8) is 0 Å². The number of rotatable bonds is 7. The van der Waals surface area contributed by atoms with Crippen LogP contribution in [-0.2, 0) is 0 Å². The van der Waals surface area contributed by atoms with E-state index in [2.05, 4.69) is 10.2 Å². The van der Waals surface area contributed by atoms with E-state index in [9.17, 15) is 14.9 Å². The molecule has 0 aliphatic heterocycles. The van der Waals surface area contributed by atoms with Crippen LogP contribution in [0.3, 0.4) is 0 Å². The van der Waals surface area contributed by atoms with Gasteiger partial charge in [0.2, 0.25) is 0 Å². The molecule has 1 aromatic carbocycles. The Labute approximate surface area is 117 Å². The van der Waals surface area contributed by atoms with Crippen LogP contribution in [0.25, 0.3) is 0 Å². The minimum absolute atomic E-state index is 0.0992. The zero-order valence-electron chi connectivity index (χ0n) is 11.8. The molecule has 1 amide bonds. The van der Waals surface area contributed by atoms with Gasteiger partial charge in [-0.25, -0.2) is 0 Å². The maximum Gasteiger partial charge on any atom is 0.292 e. The van der Waals surface area contributed by atoms with Crippen LogP contribution in [0.5, 0.6) is 0 Å². The van der Waals surface area contributed by atoms with Gasteiger partial charge in [-0.1, -0.05) is 19.9 Å². The fourth-order valence-electron chi connectivity index (χ4n) is 1.87. The molecule has 1 rings (SSSR count). The molecule has 0 unspecified atom stereocenters. The van der Waals surface area contributed by atoms with Crippen LogP contribution in [0.1, 0.15) is 24.2 Å². The number of nitrogen functional groups attached to an aromatic ring is 1. The minimum atomic E-state index is -0.595. The standard InChI is InChI=1S/C13H20N4O3/c1-3-16(4-2)9-8-15-13(18)10-6-5-7-11(12(10)14)17(19)20/h5-7H,3-4,8-9,14H2,1-2H3,(H,15,18). The number of anilines is 1. The Balaban J connectivity index is 2.69. The summed E-state index contributed by atoms with van der Waals surface area (Å²) in [7, 11) is 0. The van der Waals surface area contributed by atoms with E-state index in [0.717, 1.165) is 19.6 Å². The minimum Gasteiger partial charge on any atom is -0.393 e. The third-order valence-corrected chi connectivity index (χ3v) is 3.13. The number of nitrogens with zero attached hydrogens (tertiary/aromatic N) is 2. The lowest BCUT2D eigenvalue weighted by Gasteiger charge is -2.18. The number of para-hydroxylation sites is 1. The fourth-order valence-corrected chi connectivity index (χ4v) is 1.87. The highest BCUT2D eigenvalue weighted by molar-refractivity contribution is 6.00. The number of amides is 1. The molecule has 0 atom stereocenters. The number of likely N-dealkylation sites (N-methyl/N-ethyl adjacent to an activating group) is 1. The average Bonchev–Trinajstić information content (AvgIpc) is 2.43. The lowest BCUT2D eigenvalue weighted by molar-refractivity contribution is -0.383. The molecular weight excluding hydrogens is 260 g/mol. The van der Waals surface area contributed by atoms with Crippen LogP contribution in [-0.4, -0.2) is 41.9 Å². The van der Waals surface area contributed by atoms with Gasteiger partial charge in [-0.15, -0.1) is 0 Å². The van der Waals surface area contributed by atoms with Gasteiger partial charge in [0.25, 0.3) is 11.6 Å². The fraction of sp³-hybridized carbons (Fsp3) is 0.462. The molecular formula is C13H20N4O3. The second kappa shape index (κ2) is 7.44. The molecule has 0 aromatic heterocycles. The molecule has 7 heteroatoms. The third-order valence-electron chi connectivity index (χ3n) is 3.13. The highest BCUT2D eigenvalue weighted by atomic mass is 16.6. The summed E-state index contributed by atoms with van der Waals surface area (Å²) in [5, 5.41) is 13.5. The van der Waals surface area contributed by atoms with E-state index in [4.69, 9.17) is 5.73 Å². The van der Waals surface area contributed by atoms with Gasteiger partial charge in [0.1, 0.15) is 5.69 Å².